The Morgan fingerprint density at radius 3 is 2.47 bits per heavy atom. The molecule has 1 aliphatic rings. The van der Waals surface area contributed by atoms with Crippen molar-refractivity contribution in [2.75, 3.05) is 24.5 Å². The molecule has 1 aliphatic heterocycles. The van der Waals surface area contributed by atoms with Gasteiger partial charge in [0.15, 0.2) is 5.82 Å². The van der Waals surface area contributed by atoms with E-state index in [1.54, 1.807) is 0 Å². The summed E-state index contributed by atoms with van der Waals surface area (Å²) in [5.41, 5.74) is 3.26. The molecule has 0 unspecified atom stereocenters. The molecule has 0 radical (unpaired) electrons. The Balaban J connectivity index is 1.95. The largest absolute Gasteiger partial charge is 0.357 e. The Morgan fingerprint density at radius 1 is 1.10 bits per heavy atom. The van der Waals surface area contributed by atoms with Crippen molar-refractivity contribution in [3.05, 3.63) is 41.6 Å². The molecule has 1 aromatic heterocycles. The van der Waals surface area contributed by atoms with E-state index >= 15 is 0 Å². The summed E-state index contributed by atoms with van der Waals surface area (Å²) in [5.74, 6) is 2.20. The molecule has 0 bridgehead atoms. The molecule has 1 atom stereocenters. The van der Waals surface area contributed by atoms with E-state index in [1.807, 2.05) is 23.1 Å². The Hall–Kier alpha value is -2.43. The molecule has 0 saturated carbocycles. The number of aromatic nitrogens is 2. The molecule has 30 heavy (non-hydrogen) atoms. The molecule has 5 heteroatoms. The number of rotatable bonds is 9. The molecule has 0 N–H and O–H groups in total. The van der Waals surface area contributed by atoms with Crippen LogP contribution in [0.5, 0.6) is 0 Å². The SMILES string of the molecule is CCCC[C@H](CC)C(=O)N1CCc2nc(-c3ccccc3)nc(N(CC)CC)c2C1. The molecule has 0 saturated heterocycles. The standard InChI is InChI=1S/C25H36N4O/c1-5-9-13-19(6-2)25(30)29-17-16-22-21(18-29)24(28(7-3)8-4)27-23(26-22)20-14-11-10-12-15-20/h10-12,14-15,19H,5-9,13,16-18H2,1-4H3/t19-/m0/s1. The van der Waals surface area contributed by atoms with E-state index in [0.717, 1.165) is 80.2 Å². The fourth-order valence-electron chi connectivity index (χ4n) is 4.30. The van der Waals surface area contributed by atoms with E-state index in [4.69, 9.17) is 9.97 Å². The second kappa shape index (κ2) is 10.6. The molecule has 0 aliphatic carbocycles. The molecule has 1 amide bonds. The van der Waals surface area contributed by atoms with Crippen molar-refractivity contribution in [2.45, 2.75) is 66.3 Å². The number of unbranched alkanes of at least 4 members (excludes halogenated alkanes) is 1. The van der Waals surface area contributed by atoms with Crippen molar-refractivity contribution >= 4 is 11.7 Å². The van der Waals surface area contributed by atoms with E-state index in [-0.39, 0.29) is 5.92 Å². The van der Waals surface area contributed by atoms with Gasteiger partial charge in [0.25, 0.3) is 0 Å². The first-order chi connectivity index (χ1) is 14.6. The molecular weight excluding hydrogens is 372 g/mol. The highest BCUT2D eigenvalue weighted by Crippen LogP contribution is 2.31. The second-order valence-corrected chi connectivity index (χ2v) is 8.09. The van der Waals surface area contributed by atoms with Gasteiger partial charge in [0, 0.05) is 43.1 Å². The number of nitrogens with zero attached hydrogens (tertiary/aromatic N) is 4. The van der Waals surface area contributed by atoms with Gasteiger partial charge in [-0.05, 0) is 26.7 Å². The first kappa shape index (κ1) is 22.3. The average Bonchev–Trinajstić information content (AvgIpc) is 2.80. The van der Waals surface area contributed by atoms with Crippen molar-refractivity contribution in [3.63, 3.8) is 0 Å². The Labute approximate surface area is 181 Å². The summed E-state index contributed by atoms with van der Waals surface area (Å²) >= 11 is 0. The summed E-state index contributed by atoms with van der Waals surface area (Å²) in [6.07, 6.45) is 4.94. The van der Waals surface area contributed by atoms with Crippen LogP contribution in [0.4, 0.5) is 5.82 Å². The zero-order valence-electron chi connectivity index (χ0n) is 19.0. The van der Waals surface area contributed by atoms with Gasteiger partial charge in [-0.15, -0.1) is 0 Å². The van der Waals surface area contributed by atoms with Gasteiger partial charge in [-0.3, -0.25) is 4.79 Å². The summed E-state index contributed by atoms with van der Waals surface area (Å²) in [5, 5.41) is 0. The summed E-state index contributed by atoms with van der Waals surface area (Å²) in [4.78, 5) is 27.5. The Bertz CT molecular complexity index is 833. The highest BCUT2D eigenvalue weighted by molar-refractivity contribution is 5.79. The zero-order chi connectivity index (χ0) is 21.5. The third kappa shape index (κ3) is 4.82. The number of carbonyl (C=O) groups excluding carboxylic acids is 1. The molecule has 0 spiro atoms. The fourth-order valence-corrected chi connectivity index (χ4v) is 4.30. The van der Waals surface area contributed by atoms with Crippen LogP contribution in [-0.2, 0) is 17.8 Å². The number of benzene rings is 1. The van der Waals surface area contributed by atoms with Crippen LogP contribution in [0.2, 0.25) is 0 Å². The zero-order valence-corrected chi connectivity index (χ0v) is 19.0. The summed E-state index contributed by atoms with van der Waals surface area (Å²) in [6.45, 7) is 11.8. The molecule has 162 valence electrons. The van der Waals surface area contributed by atoms with Gasteiger partial charge in [-0.25, -0.2) is 9.97 Å². The molecular formula is C25H36N4O. The lowest BCUT2D eigenvalue weighted by atomic mass is 9.96. The van der Waals surface area contributed by atoms with Crippen LogP contribution in [-0.4, -0.2) is 40.4 Å². The number of anilines is 1. The molecule has 2 aromatic rings. The molecule has 0 fully saturated rings. The van der Waals surface area contributed by atoms with Gasteiger partial charge < -0.3 is 9.80 Å². The van der Waals surface area contributed by atoms with Crippen LogP contribution in [0.15, 0.2) is 30.3 Å². The highest BCUT2D eigenvalue weighted by atomic mass is 16.2. The summed E-state index contributed by atoms with van der Waals surface area (Å²) in [7, 11) is 0. The predicted octanol–water partition coefficient (Wildman–Crippen LogP) is 5.09. The molecule has 3 rings (SSSR count). The average molecular weight is 409 g/mol. The normalized spacial score (nSPS) is 14.3. The number of carbonyl (C=O) groups is 1. The van der Waals surface area contributed by atoms with Crippen LogP contribution in [0.1, 0.15) is 64.6 Å². The quantitative estimate of drug-likeness (QED) is 0.580. The first-order valence-corrected chi connectivity index (χ1v) is 11.6. The molecule has 2 heterocycles. The smallest absolute Gasteiger partial charge is 0.225 e. The third-order valence-electron chi connectivity index (χ3n) is 6.19. The number of hydrogen-bond acceptors (Lipinski definition) is 4. The van der Waals surface area contributed by atoms with E-state index in [1.165, 1.54) is 0 Å². The summed E-state index contributed by atoms with van der Waals surface area (Å²) < 4.78 is 0. The van der Waals surface area contributed by atoms with Crippen molar-refractivity contribution in [1.82, 2.24) is 14.9 Å². The Kier molecular flexibility index (Phi) is 7.83. The lowest BCUT2D eigenvalue weighted by Gasteiger charge is -2.34. The molecule has 1 aromatic carbocycles. The highest BCUT2D eigenvalue weighted by Gasteiger charge is 2.30. The van der Waals surface area contributed by atoms with Crippen molar-refractivity contribution in [1.29, 1.82) is 0 Å². The lowest BCUT2D eigenvalue weighted by molar-refractivity contribution is -0.136. The summed E-state index contributed by atoms with van der Waals surface area (Å²) in [6, 6.07) is 10.2. The van der Waals surface area contributed by atoms with Gasteiger partial charge in [-0.1, -0.05) is 57.0 Å². The predicted molar refractivity (Wildman–Crippen MR) is 123 cm³/mol. The van der Waals surface area contributed by atoms with Gasteiger partial charge in [-0.2, -0.15) is 0 Å². The minimum absolute atomic E-state index is 0.132. The van der Waals surface area contributed by atoms with Crippen molar-refractivity contribution < 1.29 is 4.79 Å². The van der Waals surface area contributed by atoms with E-state index in [0.29, 0.717) is 12.5 Å². The van der Waals surface area contributed by atoms with Gasteiger partial charge in [0.1, 0.15) is 5.82 Å². The first-order valence-electron chi connectivity index (χ1n) is 11.6. The van der Waals surface area contributed by atoms with Gasteiger partial charge >= 0.3 is 0 Å². The number of amides is 1. The van der Waals surface area contributed by atoms with Crippen LogP contribution in [0.3, 0.4) is 0 Å². The Morgan fingerprint density at radius 2 is 1.83 bits per heavy atom. The lowest BCUT2D eigenvalue weighted by Crippen LogP contribution is -2.41. The van der Waals surface area contributed by atoms with Gasteiger partial charge in [0.2, 0.25) is 5.91 Å². The fraction of sp³-hybridized carbons (Fsp3) is 0.560. The van der Waals surface area contributed by atoms with Crippen molar-refractivity contribution in [3.8, 4) is 11.4 Å². The maximum Gasteiger partial charge on any atom is 0.225 e. The second-order valence-electron chi connectivity index (χ2n) is 8.09. The van der Waals surface area contributed by atoms with Crippen LogP contribution in [0.25, 0.3) is 11.4 Å². The van der Waals surface area contributed by atoms with E-state index < -0.39 is 0 Å². The van der Waals surface area contributed by atoms with Crippen LogP contribution >= 0.6 is 0 Å². The topological polar surface area (TPSA) is 49.3 Å². The maximum absolute atomic E-state index is 13.2. The number of hydrogen-bond donors (Lipinski definition) is 0. The molecule has 5 nitrogen and oxygen atoms in total. The minimum Gasteiger partial charge on any atom is -0.357 e. The van der Waals surface area contributed by atoms with E-state index in [9.17, 15) is 4.79 Å². The monoisotopic (exact) mass is 408 g/mol. The number of fused-ring (bicyclic) bond motifs is 1. The van der Waals surface area contributed by atoms with Crippen LogP contribution in [0, 0.1) is 5.92 Å². The van der Waals surface area contributed by atoms with E-state index in [2.05, 4.69) is 44.7 Å². The van der Waals surface area contributed by atoms with Crippen molar-refractivity contribution in [2.24, 2.45) is 5.92 Å². The van der Waals surface area contributed by atoms with Gasteiger partial charge in [0.05, 0.1) is 12.2 Å². The van der Waals surface area contributed by atoms with Crippen LogP contribution < -0.4 is 4.90 Å². The third-order valence-corrected chi connectivity index (χ3v) is 6.19. The maximum atomic E-state index is 13.2. The minimum atomic E-state index is 0.132.